The lowest BCUT2D eigenvalue weighted by Crippen LogP contribution is -2.21. The van der Waals surface area contributed by atoms with Gasteiger partial charge in [0.15, 0.2) is 0 Å². The topological polar surface area (TPSA) is 52.6 Å². The van der Waals surface area contributed by atoms with Crippen LogP contribution in [-0.2, 0) is 19.1 Å². The molecule has 0 saturated carbocycles. The molecule has 6 heteroatoms. The van der Waals surface area contributed by atoms with Crippen LogP contribution in [0.15, 0.2) is 24.3 Å². The summed E-state index contributed by atoms with van der Waals surface area (Å²) in [7, 11) is 0. The number of benzene rings is 1. The van der Waals surface area contributed by atoms with E-state index in [0.717, 1.165) is 0 Å². The molecule has 0 radical (unpaired) electrons. The maximum atomic E-state index is 11.5. The molecular formula is C13H10Cl2O4. The van der Waals surface area contributed by atoms with Crippen LogP contribution in [0.25, 0.3) is 6.08 Å². The van der Waals surface area contributed by atoms with Gasteiger partial charge in [-0.2, -0.15) is 0 Å². The molecule has 1 aliphatic heterocycles. The highest BCUT2D eigenvalue weighted by molar-refractivity contribution is 6.37. The summed E-state index contributed by atoms with van der Waals surface area (Å²) >= 11 is 11.9. The summed E-state index contributed by atoms with van der Waals surface area (Å²) in [6, 6.07) is 5.02. The molecule has 4 nitrogen and oxygen atoms in total. The molecule has 0 amide bonds. The number of carbonyl (C=O) groups is 2. The fourth-order valence-corrected chi connectivity index (χ4v) is 2.11. The van der Waals surface area contributed by atoms with Gasteiger partial charge in [-0.05, 0) is 18.2 Å². The predicted octanol–water partition coefficient (Wildman–Crippen LogP) is 2.87. The fraction of sp³-hybridized carbons (Fsp3) is 0.231. The van der Waals surface area contributed by atoms with Crippen molar-refractivity contribution in [1.82, 2.24) is 0 Å². The molecule has 0 unspecified atom stereocenters. The summed E-state index contributed by atoms with van der Waals surface area (Å²) in [6.07, 6.45) is 2.19. The SMILES string of the molecule is O=C(/C=C/c1c(Cl)cccc1Cl)O[C@@H]1CCOC1=O. The van der Waals surface area contributed by atoms with Crippen LogP contribution in [0.4, 0.5) is 0 Å². The molecule has 1 saturated heterocycles. The second-order valence-electron chi connectivity index (χ2n) is 3.85. The minimum Gasteiger partial charge on any atom is -0.463 e. The number of hydrogen-bond donors (Lipinski definition) is 0. The van der Waals surface area contributed by atoms with E-state index in [4.69, 9.17) is 27.9 Å². The summed E-state index contributed by atoms with van der Waals surface area (Å²) in [5.74, 6) is -1.16. The van der Waals surface area contributed by atoms with Crippen molar-refractivity contribution in [3.05, 3.63) is 39.9 Å². The lowest BCUT2D eigenvalue weighted by atomic mass is 10.2. The number of cyclic esters (lactones) is 1. The van der Waals surface area contributed by atoms with Gasteiger partial charge in [-0.1, -0.05) is 29.3 Å². The van der Waals surface area contributed by atoms with Gasteiger partial charge in [0.05, 0.1) is 6.61 Å². The van der Waals surface area contributed by atoms with E-state index in [1.54, 1.807) is 18.2 Å². The van der Waals surface area contributed by atoms with Gasteiger partial charge in [0.2, 0.25) is 6.10 Å². The summed E-state index contributed by atoms with van der Waals surface area (Å²) in [6.45, 7) is 0.275. The Kier molecular flexibility index (Phi) is 4.45. The zero-order valence-corrected chi connectivity index (χ0v) is 11.3. The molecule has 1 atom stereocenters. The molecule has 2 rings (SSSR count). The maximum Gasteiger partial charge on any atom is 0.347 e. The van der Waals surface area contributed by atoms with Crippen molar-refractivity contribution in [2.75, 3.05) is 6.61 Å². The van der Waals surface area contributed by atoms with E-state index < -0.39 is 18.0 Å². The predicted molar refractivity (Wildman–Crippen MR) is 71.0 cm³/mol. The smallest absolute Gasteiger partial charge is 0.347 e. The summed E-state index contributed by atoms with van der Waals surface area (Å²) < 4.78 is 9.62. The van der Waals surface area contributed by atoms with E-state index in [-0.39, 0.29) is 6.61 Å². The van der Waals surface area contributed by atoms with Crippen LogP contribution >= 0.6 is 23.2 Å². The fourth-order valence-electron chi connectivity index (χ4n) is 1.59. The average molecular weight is 301 g/mol. The molecular weight excluding hydrogens is 291 g/mol. The summed E-state index contributed by atoms with van der Waals surface area (Å²) in [5, 5.41) is 0.855. The summed E-state index contributed by atoms with van der Waals surface area (Å²) in [5.41, 5.74) is 0.525. The van der Waals surface area contributed by atoms with Crippen LogP contribution in [0.2, 0.25) is 10.0 Å². The van der Waals surface area contributed by atoms with Crippen molar-refractivity contribution < 1.29 is 19.1 Å². The van der Waals surface area contributed by atoms with Crippen LogP contribution < -0.4 is 0 Å². The van der Waals surface area contributed by atoms with E-state index in [1.165, 1.54) is 12.2 Å². The zero-order valence-electron chi connectivity index (χ0n) is 9.77. The van der Waals surface area contributed by atoms with E-state index in [0.29, 0.717) is 22.0 Å². The number of ether oxygens (including phenoxy) is 2. The van der Waals surface area contributed by atoms with Gasteiger partial charge >= 0.3 is 11.9 Å². The molecule has 19 heavy (non-hydrogen) atoms. The van der Waals surface area contributed by atoms with Crippen LogP contribution in [0.3, 0.4) is 0 Å². The van der Waals surface area contributed by atoms with Crippen LogP contribution in [-0.4, -0.2) is 24.6 Å². The maximum absolute atomic E-state index is 11.5. The molecule has 1 aromatic carbocycles. The van der Waals surface area contributed by atoms with E-state index in [9.17, 15) is 9.59 Å². The van der Waals surface area contributed by atoms with Gasteiger partial charge in [0.1, 0.15) is 0 Å². The van der Waals surface area contributed by atoms with Crippen molar-refractivity contribution >= 4 is 41.2 Å². The molecule has 0 spiro atoms. The third kappa shape index (κ3) is 3.49. The van der Waals surface area contributed by atoms with Gasteiger partial charge in [-0.15, -0.1) is 0 Å². The number of esters is 2. The van der Waals surface area contributed by atoms with Gasteiger partial charge in [-0.3, -0.25) is 0 Å². The lowest BCUT2D eigenvalue weighted by molar-refractivity contribution is -0.156. The second-order valence-corrected chi connectivity index (χ2v) is 4.66. The molecule has 0 aliphatic carbocycles. The highest BCUT2D eigenvalue weighted by atomic mass is 35.5. The van der Waals surface area contributed by atoms with Crippen LogP contribution in [0, 0.1) is 0 Å². The van der Waals surface area contributed by atoms with Crippen LogP contribution in [0.5, 0.6) is 0 Å². The van der Waals surface area contributed by atoms with Crippen molar-refractivity contribution in [3.63, 3.8) is 0 Å². The normalized spacial score (nSPS) is 18.6. The minimum atomic E-state index is -0.820. The first-order valence-corrected chi connectivity index (χ1v) is 6.33. The minimum absolute atomic E-state index is 0.275. The first-order valence-electron chi connectivity index (χ1n) is 5.57. The first-order chi connectivity index (χ1) is 9.08. The summed E-state index contributed by atoms with van der Waals surface area (Å²) in [4.78, 5) is 22.7. The molecule has 1 heterocycles. The van der Waals surface area contributed by atoms with Gasteiger partial charge < -0.3 is 9.47 Å². The van der Waals surface area contributed by atoms with E-state index in [1.807, 2.05) is 0 Å². The molecule has 1 aliphatic rings. The van der Waals surface area contributed by atoms with Gasteiger partial charge in [-0.25, -0.2) is 9.59 Å². The molecule has 1 fully saturated rings. The zero-order chi connectivity index (χ0) is 13.8. The Morgan fingerprint density at radius 1 is 1.37 bits per heavy atom. The van der Waals surface area contributed by atoms with Crippen molar-refractivity contribution in [2.45, 2.75) is 12.5 Å². The number of hydrogen-bond acceptors (Lipinski definition) is 4. The van der Waals surface area contributed by atoms with Crippen molar-refractivity contribution in [1.29, 1.82) is 0 Å². The average Bonchev–Trinajstić information content (AvgIpc) is 2.74. The Hall–Kier alpha value is -1.52. The molecule has 0 aromatic heterocycles. The Morgan fingerprint density at radius 3 is 2.63 bits per heavy atom. The Balaban J connectivity index is 2.02. The highest BCUT2D eigenvalue weighted by Gasteiger charge is 2.29. The quantitative estimate of drug-likeness (QED) is 0.636. The number of halogens is 2. The van der Waals surface area contributed by atoms with E-state index in [2.05, 4.69) is 4.74 Å². The Labute approximate surface area is 119 Å². The first kappa shape index (κ1) is 13.9. The monoisotopic (exact) mass is 300 g/mol. The lowest BCUT2D eigenvalue weighted by Gasteiger charge is -2.05. The molecule has 100 valence electrons. The molecule has 1 aromatic rings. The molecule has 0 bridgehead atoms. The number of rotatable bonds is 3. The number of carbonyl (C=O) groups excluding carboxylic acids is 2. The Morgan fingerprint density at radius 2 is 2.05 bits per heavy atom. The largest absolute Gasteiger partial charge is 0.463 e. The third-order valence-electron chi connectivity index (χ3n) is 2.53. The van der Waals surface area contributed by atoms with Crippen molar-refractivity contribution in [2.24, 2.45) is 0 Å². The standard InChI is InChI=1S/C13H10Cl2O4/c14-9-2-1-3-10(15)8(9)4-5-12(16)19-11-6-7-18-13(11)17/h1-5,11H,6-7H2/b5-4+/t11-/m1/s1. The van der Waals surface area contributed by atoms with Gasteiger partial charge in [0, 0.05) is 28.1 Å². The van der Waals surface area contributed by atoms with Crippen molar-refractivity contribution in [3.8, 4) is 0 Å². The highest BCUT2D eigenvalue weighted by Crippen LogP contribution is 2.25. The Bertz CT molecular complexity index is 519. The molecule has 0 N–H and O–H groups in total. The van der Waals surface area contributed by atoms with Crippen LogP contribution in [0.1, 0.15) is 12.0 Å². The van der Waals surface area contributed by atoms with E-state index >= 15 is 0 Å². The van der Waals surface area contributed by atoms with Gasteiger partial charge in [0.25, 0.3) is 0 Å². The second kappa shape index (κ2) is 6.08. The third-order valence-corrected chi connectivity index (χ3v) is 3.19.